The topological polar surface area (TPSA) is 46.6 Å². The summed E-state index contributed by atoms with van der Waals surface area (Å²) >= 11 is 0. The Hall–Kier alpha value is -2.62. The van der Waals surface area contributed by atoms with E-state index in [-0.39, 0.29) is 17.4 Å². The second-order valence-corrected chi connectivity index (χ2v) is 9.09. The van der Waals surface area contributed by atoms with Crippen molar-refractivity contribution in [3.8, 4) is 0 Å². The standard InChI is InChI=1S/C24H29NO3/c1-23(2,3)20(18-14-10-7-11-15-18)21(26)25-19(24(4,5)28-22(25)27)16-17-12-8-6-9-13-17/h6-15,19-20H,16H2,1-5H3/t19-,20-/m0/s1. The smallest absolute Gasteiger partial charge is 0.417 e. The number of benzene rings is 2. The molecule has 0 radical (unpaired) electrons. The lowest BCUT2D eigenvalue weighted by Gasteiger charge is -2.35. The number of carbonyl (C=O) groups excluding carboxylic acids is 2. The molecule has 1 aliphatic heterocycles. The van der Waals surface area contributed by atoms with Crippen LogP contribution in [0, 0.1) is 5.41 Å². The van der Waals surface area contributed by atoms with Crippen LogP contribution in [0.4, 0.5) is 4.79 Å². The fourth-order valence-corrected chi connectivity index (χ4v) is 4.00. The largest absolute Gasteiger partial charge is 0.441 e. The molecule has 0 bridgehead atoms. The molecule has 1 heterocycles. The predicted octanol–water partition coefficient (Wildman–Crippen LogP) is 5.19. The number of imide groups is 1. The van der Waals surface area contributed by atoms with Gasteiger partial charge in [-0.2, -0.15) is 0 Å². The number of amides is 2. The van der Waals surface area contributed by atoms with Gasteiger partial charge in [-0.15, -0.1) is 0 Å². The molecule has 1 saturated heterocycles. The van der Waals surface area contributed by atoms with Crippen LogP contribution in [0.2, 0.25) is 0 Å². The van der Waals surface area contributed by atoms with Crippen LogP contribution in [-0.2, 0) is 16.0 Å². The Morgan fingerprint density at radius 1 is 1.04 bits per heavy atom. The van der Waals surface area contributed by atoms with Gasteiger partial charge < -0.3 is 4.74 Å². The van der Waals surface area contributed by atoms with Crippen LogP contribution in [0.1, 0.15) is 51.7 Å². The van der Waals surface area contributed by atoms with Gasteiger partial charge in [0.1, 0.15) is 5.60 Å². The Morgan fingerprint density at radius 3 is 2.11 bits per heavy atom. The zero-order valence-corrected chi connectivity index (χ0v) is 17.3. The SMILES string of the molecule is CC(C)(C)[C@H](C(=O)N1C(=O)OC(C)(C)[C@@H]1Cc1ccccc1)c1ccccc1. The predicted molar refractivity (Wildman–Crippen MR) is 110 cm³/mol. The molecular weight excluding hydrogens is 350 g/mol. The number of carbonyl (C=O) groups is 2. The van der Waals surface area contributed by atoms with Crippen molar-refractivity contribution in [3.05, 3.63) is 71.8 Å². The lowest BCUT2D eigenvalue weighted by Crippen LogP contribution is -2.49. The molecule has 0 aliphatic carbocycles. The van der Waals surface area contributed by atoms with Crippen LogP contribution in [0.15, 0.2) is 60.7 Å². The zero-order valence-electron chi connectivity index (χ0n) is 17.3. The molecule has 0 aromatic heterocycles. The molecule has 1 aliphatic rings. The van der Waals surface area contributed by atoms with Gasteiger partial charge in [0.25, 0.3) is 0 Å². The summed E-state index contributed by atoms with van der Waals surface area (Å²) in [5.41, 5.74) is 0.893. The van der Waals surface area contributed by atoms with E-state index in [4.69, 9.17) is 4.74 Å². The zero-order chi connectivity index (χ0) is 20.5. The third-order valence-corrected chi connectivity index (χ3v) is 5.42. The van der Waals surface area contributed by atoms with Crippen LogP contribution in [0.25, 0.3) is 0 Å². The van der Waals surface area contributed by atoms with E-state index >= 15 is 0 Å². The third kappa shape index (κ3) is 3.96. The van der Waals surface area contributed by atoms with E-state index in [0.29, 0.717) is 6.42 Å². The van der Waals surface area contributed by atoms with Gasteiger partial charge in [0.05, 0.1) is 12.0 Å². The number of rotatable bonds is 4. The summed E-state index contributed by atoms with van der Waals surface area (Å²) in [6, 6.07) is 19.2. The highest BCUT2D eigenvalue weighted by Crippen LogP contribution is 2.40. The van der Waals surface area contributed by atoms with Gasteiger partial charge in [-0.05, 0) is 36.8 Å². The van der Waals surface area contributed by atoms with Crippen molar-refractivity contribution in [2.75, 3.05) is 0 Å². The normalized spacial score (nSPS) is 20.0. The highest BCUT2D eigenvalue weighted by Gasteiger charge is 2.53. The van der Waals surface area contributed by atoms with Crippen LogP contribution in [0.3, 0.4) is 0 Å². The molecule has 1 fully saturated rings. The molecule has 2 aromatic rings. The van der Waals surface area contributed by atoms with Crippen molar-refractivity contribution >= 4 is 12.0 Å². The third-order valence-electron chi connectivity index (χ3n) is 5.42. The van der Waals surface area contributed by atoms with Crippen LogP contribution >= 0.6 is 0 Å². The molecular formula is C24H29NO3. The van der Waals surface area contributed by atoms with E-state index in [2.05, 4.69) is 0 Å². The van der Waals surface area contributed by atoms with Gasteiger partial charge in [0, 0.05) is 0 Å². The first-order valence-corrected chi connectivity index (χ1v) is 9.76. The van der Waals surface area contributed by atoms with Gasteiger partial charge in [0.15, 0.2) is 0 Å². The van der Waals surface area contributed by atoms with Crippen molar-refractivity contribution in [2.45, 2.75) is 58.6 Å². The van der Waals surface area contributed by atoms with E-state index < -0.39 is 17.6 Å². The van der Waals surface area contributed by atoms with Gasteiger partial charge >= 0.3 is 6.09 Å². The summed E-state index contributed by atoms with van der Waals surface area (Å²) in [7, 11) is 0. The molecule has 4 nitrogen and oxygen atoms in total. The summed E-state index contributed by atoms with van der Waals surface area (Å²) in [6.45, 7) is 9.84. The fraction of sp³-hybridized carbons (Fsp3) is 0.417. The Labute approximate surface area is 167 Å². The van der Waals surface area contributed by atoms with Crippen LogP contribution in [0.5, 0.6) is 0 Å². The Bertz CT molecular complexity index is 837. The van der Waals surface area contributed by atoms with Gasteiger partial charge in [-0.3, -0.25) is 4.79 Å². The van der Waals surface area contributed by atoms with Gasteiger partial charge in [-0.25, -0.2) is 9.69 Å². The second kappa shape index (κ2) is 7.42. The van der Waals surface area contributed by atoms with E-state index in [0.717, 1.165) is 11.1 Å². The summed E-state index contributed by atoms with van der Waals surface area (Å²) in [6.07, 6.45) is 0.0119. The summed E-state index contributed by atoms with van der Waals surface area (Å²) in [5.74, 6) is -0.636. The lowest BCUT2D eigenvalue weighted by atomic mass is 9.75. The maximum absolute atomic E-state index is 13.7. The first-order chi connectivity index (χ1) is 13.1. The monoisotopic (exact) mass is 379 g/mol. The fourth-order valence-electron chi connectivity index (χ4n) is 4.00. The first kappa shape index (κ1) is 20.1. The number of nitrogens with zero attached hydrogens (tertiary/aromatic N) is 1. The second-order valence-electron chi connectivity index (χ2n) is 9.09. The molecule has 0 N–H and O–H groups in total. The molecule has 0 saturated carbocycles. The van der Waals surface area contributed by atoms with Crippen molar-refractivity contribution in [3.63, 3.8) is 0 Å². The number of hydrogen-bond donors (Lipinski definition) is 0. The number of cyclic esters (lactones) is 1. The van der Waals surface area contributed by atoms with Crippen molar-refractivity contribution in [2.24, 2.45) is 5.41 Å². The maximum atomic E-state index is 13.7. The Balaban J connectivity index is 1.99. The molecule has 148 valence electrons. The van der Waals surface area contributed by atoms with Crippen molar-refractivity contribution in [1.29, 1.82) is 0 Å². The molecule has 0 spiro atoms. The summed E-state index contributed by atoms with van der Waals surface area (Å²) in [4.78, 5) is 27.9. The van der Waals surface area contributed by atoms with Gasteiger partial charge in [0.2, 0.25) is 5.91 Å². The molecule has 2 amide bonds. The average molecular weight is 380 g/mol. The highest BCUT2D eigenvalue weighted by atomic mass is 16.6. The first-order valence-electron chi connectivity index (χ1n) is 9.76. The molecule has 28 heavy (non-hydrogen) atoms. The lowest BCUT2D eigenvalue weighted by molar-refractivity contribution is -0.133. The molecule has 2 atom stereocenters. The van der Waals surface area contributed by atoms with E-state index in [1.54, 1.807) is 0 Å². The molecule has 3 rings (SSSR count). The molecule has 0 unspecified atom stereocenters. The number of ether oxygens (including phenoxy) is 1. The van der Waals surface area contributed by atoms with Crippen molar-refractivity contribution in [1.82, 2.24) is 4.90 Å². The van der Waals surface area contributed by atoms with E-state index in [1.807, 2.05) is 95.3 Å². The molecule has 2 aromatic carbocycles. The Kier molecular flexibility index (Phi) is 5.33. The molecule has 4 heteroatoms. The average Bonchev–Trinajstić information content (AvgIpc) is 2.84. The van der Waals surface area contributed by atoms with Gasteiger partial charge in [-0.1, -0.05) is 81.4 Å². The van der Waals surface area contributed by atoms with E-state index in [1.165, 1.54) is 4.90 Å². The summed E-state index contributed by atoms with van der Waals surface area (Å²) in [5, 5.41) is 0. The summed E-state index contributed by atoms with van der Waals surface area (Å²) < 4.78 is 5.63. The van der Waals surface area contributed by atoms with Crippen molar-refractivity contribution < 1.29 is 14.3 Å². The van der Waals surface area contributed by atoms with Crippen LogP contribution in [-0.4, -0.2) is 28.5 Å². The van der Waals surface area contributed by atoms with Crippen LogP contribution < -0.4 is 0 Å². The minimum atomic E-state index is -0.748. The minimum absolute atomic E-state index is 0.199. The quantitative estimate of drug-likeness (QED) is 0.735. The van der Waals surface area contributed by atoms with E-state index in [9.17, 15) is 9.59 Å². The highest BCUT2D eigenvalue weighted by molar-refractivity contribution is 5.98. The minimum Gasteiger partial charge on any atom is -0.441 e. The Morgan fingerprint density at radius 2 is 1.57 bits per heavy atom. The maximum Gasteiger partial charge on any atom is 0.417 e. The number of hydrogen-bond acceptors (Lipinski definition) is 3.